The summed E-state index contributed by atoms with van der Waals surface area (Å²) in [5, 5.41) is 0. The predicted octanol–water partition coefficient (Wildman–Crippen LogP) is 2.94. The van der Waals surface area contributed by atoms with Gasteiger partial charge in [-0.1, -0.05) is 6.58 Å². The molecular weight excluding hydrogens is 352 g/mol. The standard InChI is InChI=1S/C9H22O3SSi.C5H12O3Si/c1-4-10-14(11-5-2,12-6-3)9-7-8-13;1-5-9(6-2,7-3)8-4/h13H,4-9H2,1-3H3;5H,1H2,2-4H3. The largest absolute Gasteiger partial charge is 0.528 e. The van der Waals surface area contributed by atoms with E-state index >= 15 is 0 Å². The number of hydrogen-bond acceptors (Lipinski definition) is 7. The topological polar surface area (TPSA) is 55.4 Å². The van der Waals surface area contributed by atoms with Crippen LogP contribution < -0.4 is 0 Å². The molecule has 0 fully saturated rings. The van der Waals surface area contributed by atoms with E-state index in [9.17, 15) is 0 Å². The molecule has 0 saturated heterocycles. The van der Waals surface area contributed by atoms with Gasteiger partial charge in [-0.2, -0.15) is 12.6 Å². The van der Waals surface area contributed by atoms with Crippen molar-refractivity contribution >= 4 is 30.2 Å². The molecule has 9 heteroatoms. The highest BCUT2D eigenvalue weighted by molar-refractivity contribution is 7.80. The molecule has 0 unspecified atom stereocenters. The van der Waals surface area contributed by atoms with Gasteiger partial charge in [-0.25, -0.2) is 0 Å². The lowest BCUT2D eigenvalue weighted by Crippen LogP contribution is -2.46. The van der Waals surface area contributed by atoms with Gasteiger partial charge in [0.25, 0.3) is 0 Å². The van der Waals surface area contributed by atoms with Crippen LogP contribution in [0, 0.1) is 0 Å². The van der Waals surface area contributed by atoms with Crippen molar-refractivity contribution < 1.29 is 26.6 Å². The second-order valence-electron chi connectivity index (χ2n) is 4.23. The Kier molecular flexibility index (Phi) is 17.5. The summed E-state index contributed by atoms with van der Waals surface area (Å²) in [4.78, 5) is 0. The van der Waals surface area contributed by atoms with Crippen LogP contribution >= 0.6 is 12.6 Å². The van der Waals surface area contributed by atoms with E-state index in [1.807, 2.05) is 20.8 Å². The summed E-state index contributed by atoms with van der Waals surface area (Å²) in [7, 11) is -0.165. The maximum Gasteiger partial charge on any atom is 0.528 e. The Morgan fingerprint density at radius 3 is 1.43 bits per heavy atom. The van der Waals surface area contributed by atoms with Crippen LogP contribution in [0.3, 0.4) is 0 Å². The highest BCUT2D eigenvalue weighted by Crippen LogP contribution is 2.18. The van der Waals surface area contributed by atoms with Gasteiger partial charge in [-0.15, -0.1) is 0 Å². The van der Waals surface area contributed by atoms with Crippen LogP contribution in [0.5, 0.6) is 0 Å². The second-order valence-corrected chi connectivity index (χ2v) is 10.2. The molecule has 0 amide bonds. The Balaban J connectivity index is 0. The zero-order chi connectivity index (χ0) is 18.2. The number of rotatable bonds is 13. The van der Waals surface area contributed by atoms with Crippen LogP contribution in [0.25, 0.3) is 0 Å². The molecular formula is C14H34O6SSi2. The maximum atomic E-state index is 5.67. The average Bonchev–Trinajstić information content (AvgIpc) is 2.57. The molecule has 0 aromatic heterocycles. The van der Waals surface area contributed by atoms with Crippen LogP contribution in [-0.2, 0) is 26.6 Å². The first-order valence-electron chi connectivity index (χ1n) is 7.80. The monoisotopic (exact) mass is 386 g/mol. The fourth-order valence-corrected chi connectivity index (χ4v) is 5.86. The molecule has 0 aromatic rings. The summed E-state index contributed by atoms with van der Waals surface area (Å²) in [6.07, 6.45) is 0.981. The number of thiol groups is 1. The lowest BCUT2D eigenvalue weighted by Gasteiger charge is -2.28. The van der Waals surface area contributed by atoms with E-state index in [4.69, 9.17) is 26.6 Å². The van der Waals surface area contributed by atoms with E-state index in [1.54, 1.807) is 27.0 Å². The zero-order valence-corrected chi connectivity index (χ0v) is 18.3. The van der Waals surface area contributed by atoms with Gasteiger partial charge in [-0.05, 0) is 38.6 Å². The normalized spacial score (nSPS) is 11.8. The first kappa shape index (κ1) is 25.5. The quantitative estimate of drug-likeness (QED) is 0.388. The molecule has 0 aromatic carbocycles. The molecule has 0 heterocycles. The number of hydrogen-bond donors (Lipinski definition) is 1. The fraction of sp³-hybridized carbons (Fsp3) is 0.857. The molecule has 0 saturated carbocycles. The zero-order valence-electron chi connectivity index (χ0n) is 15.4. The van der Waals surface area contributed by atoms with Crippen LogP contribution in [0.15, 0.2) is 12.3 Å². The van der Waals surface area contributed by atoms with Crippen LogP contribution in [0.1, 0.15) is 27.2 Å². The third-order valence-corrected chi connectivity index (χ3v) is 8.51. The summed E-state index contributed by atoms with van der Waals surface area (Å²) in [6, 6.07) is 0.867. The molecule has 23 heavy (non-hydrogen) atoms. The van der Waals surface area contributed by atoms with E-state index in [1.165, 1.54) is 0 Å². The van der Waals surface area contributed by atoms with E-state index in [2.05, 4.69) is 19.2 Å². The van der Waals surface area contributed by atoms with Gasteiger partial charge in [-0.3, -0.25) is 0 Å². The molecule has 0 spiro atoms. The fourth-order valence-electron chi connectivity index (χ4n) is 1.80. The van der Waals surface area contributed by atoms with E-state index < -0.39 is 17.6 Å². The van der Waals surface area contributed by atoms with Crippen LogP contribution in [0.2, 0.25) is 6.04 Å². The lowest BCUT2D eigenvalue weighted by atomic mass is 10.6. The smallest absolute Gasteiger partial charge is 0.374 e. The van der Waals surface area contributed by atoms with Gasteiger partial charge >= 0.3 is 17.6 Å². The van der Waals surface area contributed by atoms with E-state index in [0.717, 1.165) is 18.2 Å². The highest BCUT2D eigenvalue weighted by atomic mass is 32.1. The molecule has 0 aliphatic heterocycles. The molecule has 0 atom stereocenters. The molecule has 0 rings (SSSR count). The predicted molar refractivity (Wildman–Crippen MR) is 101 cm³/mol. The van der Waals surface area contributed by atoms with Gasteiger partial charge in [0.1, 0.15) is 0 Å². The second kappa shape index (κ2) is 15.8. The average molecular weight is 387 g/mol. The Bertz CT molecular complexity index is 255. The first-order valence-corrected chi connectivity index (χ1v) is 12.2. The lowest BCUT2D eigenvalue weighted by molar-refractivity contribution is 0.0712. The van der Waals surface area contributed by atoms with Gasteiger partial charge in [0, 0.05) is 47.2 Å². The summed E-state index contributed by atoms with van der Waals surface area (Å²) in [5.74, 6) is 0.849. The SMILES string of the molecule is C=C[Si](OC)(OC)OC.CCO[Si](CCCS)(OCC)OCC. The van der Waals surface area contributed by atoms with Crippen molar-refractivity contribution in [1.82, 2.24) is 0 Å². The minimum absolute atomic E-state index is 0.652. The van der Waals surface area contributed by atoms with Gasteiger partial charge in [0.2, 0.25) is 0 Å². The summed E-state index contributed by atoms with van der Waals surface area (Å²) >= 11 is 4.19. The molecule has 140 valence electrons. The van der Waals surface area contributed by atoms with Crippen molar-refractivity contribution in [1.29, 1.82) is 0 Å². The van der Waals surface area contributed by atoms with E-state index in [0.29, 0.717) is 19.8 Å². The summed E-state index contributed by atoms with van der Waals surface area (Å²) in [6.45, 7) is 11.4. The summed E-state index contributed by atoms with van der Waals surface area (Å²) in [5.41, 5.74) is 1.58. The van der Waals surface area contributed by atoms with Crippen LogP contribution in [-0.4, -0.2) is 64.5 Å². The van der Waals surface area contributed by atoms with Crippen LogP contribution in [0.4, 0.5) is 0 Å². The van der Waals surface area contributed by atoms with Crippen molar-refractivity contribution in [2.45, 2.75) is 33.2 Å². The van der Waals surface area contributed by atoms with Crippen molar-refractivity contribution in [3.63, 3.8) is 0 Å². The highest BCUT2D eigenvalue weighted by Gasteiger charge is 2.39. The van der Waals surface area contributed by atoms with Crippen molar-refractivity contribution in [2.24, 2.45) is 0 Å². The van der Waals surface area contributed by atoms with Crippen molar-refractivity contribution in [2.75, 3.05) is 46.9 Å². The van der Waals surface area contributed by atoms with Gasteiger partial charge in [0.05, 0.1) is 0 Å². The molecule has 6 nitrogen and oxygen atoms in total. The third-order valence-electron chi connectivity index (χ3n) is 2.84. The Morgan fingerprint density at radius 1 is 0.870 bits per heavy atom. The maximum absolute atomic E-state index is 5.67. The molecule has 0 aliphatic rings. The Hall–Kier alpha value is 0.284. The van der Waals surface area contributed by atoms with Gasteiger partial charge < -0.3 is 26.6 Å². The first-order chi connectivity index (χ1) is 11.0. The third kappa shape index (κ3) is 10.7. The molecule has 0 bridgehead atoms. The van der Waals surface area contributed by atoms with Gasteiger partial charge in [0.15, 0.2) is 0 Å². The summed E-state index contributed by atoms with van der Waals surface area (Å²) < 4.78 is 31.9. The van der Waals surface area contributed by atoms with Crippen molar-refractivity contribution in [3.05, 3.63) is 12.3 Å². The Labute approximate surface area is 149 Å². The Morgan fingerprint density at radius 2 is 1.26 bits per heavy atom. The van der Waals surface area contributed by atoms with E-state index in [-0.39, 0.29) is 0 Å². The minimum atomic E-state index is -2.43. The molecule has 0 radical (unpaired) electrons. The van der Waals surface area contributed by atoms with Crippen molar-refractivity contribution in [3.8, 4) is 0 Å². The molecule has 0 aliphatic carbocycles. The molecule has 0 N–H and O–H groups in total. The minimum Gasteiger partial charge on any atom is -0.374 e.